The molecule has 0 spiro atoms. The number of hydrogen-bond donors (Lipinski definition) is 1. The van der Waals surface area contributed by atoms with E-state index in [1.54, 1.807) is 13.0 Å². The van der Waals surface area contributed by atoms with Crippen LogP contribution in [0.15, 0.2) is 18.2 Å². The van der Waals surface area contributed by atoms with Crippen molar-refractivity contribution in [2.75, 3.05) is 18.5 Å². The van der Waals surface area contributed by atoms with Crippen LogP contribution in [0.4, 0.5) is 10.1 Å². The minimum atomic E-state index is -0.727. The van der Waals surface area contributed by atoms with Gasteiger partial charge in [-0.1, -0.05) is 0 Å². The topological polar surface area (TPSA) is 47.3 Å². The molecule has 1 N–H and O–H groups in total. The van der Waals surface area contributed by atoms with Gasteiger partial charge in [0.2, 0.25) is 0 Å². The van der Waals surface area contributed by atoms with E-state index in [0.29, 0.717) is 18.5 Å². The van der Waals surface area contributed by atoms with E-state index in [1.165, 1.54) is 12.1 Å². The van der Waals surface area contributed by atoms with E-state index >= 15 is 0 Å². The molecule has 16 heavy (non-hydrogen) atoms. The fourth-order valence-electron chi connectivity index (χ4n) is 1.55. The molecule has 0 aliphatic heterocycles. The molecule has 0 fully saturated rings. The van der Waals surface area contributed by atoms with Crippen molar-refractivity contribution in [1.29, 1.82) is 5.26 Å². The molecule has 0 heterocycles. The quantitative estimate of drug-likeness (QED) is 0.849. The molecule has 1 aromatic carbocycles. The van der Waals surface area contributed by atoms with Gasteiger partial charge in [-0.25, -0.2) is 4.39 Å². The molecule has 1 rings (SSSR count). The van der Waals surface area contributed by atoms with Crippen LogP contribution in [0.3, 0.4) is 0 Å². The average molecular weight is 222 g/mol. The lowest BCUT2D eigenvalue weighted by molar-refractivity contribution is 0.199. The Balaban J connectivity index is 2.98. The Kier molecular flexibility index (Phi) is 4.27. The molecular formula is C12H15FN2O. The number of nitrogens with zero attached hydrogens (tertiary/aromatic N) is 2. The highest BCUT2D eigenvalue weighted by atomic mass is 19.1. The minimum Gasteiger partial charge on any atom is -0.389 e. The van der Waals surface area contributed by atoms with Gasteiger partial charge >= 0.3 is 0 Å². The predicted octanol–water partition coefficient (Wildman–Crippen LogP) is 2.23. The van der Waals surface area contributed by atoms with Crippen molar-refractivity contribution < 1.29 is 9.50 Å². The van der Waals surface area contributed by atoms with Crippen LogP contribution in [0.1, 0.15) is 25.0 Å². The number of aliphatic hydroxyl groups is 1. The molecule has 86 valence electrons. The maximum absolute atomic E-state index is 13.0. The van der Waals surface area contributed by atoms with Gasteiger partial charge in [-0.05, 0) is 25.1 Å². The molecule has 0 amide bonds. The summed E-state index contributed by atoms with van der Waals surface area (Å²) in [6.07, 6.45) is -0.331. The molecule has 0 aliphatic carbocycles. The van der Waals surface area contributed by atoms with Gasteiger partial charge in [0.25, 0.3) is 0 Å². The van der Waals surface area contributed by atoms with E-state index in [2.05, 4.69) is 6.07 Å². The fraction of sp³-hybridized carbons (Fsp3) is 0.417. The molecule has 4 heteroatoms. The summed E-state index contributed by atoms with van der Waals surface area (Å²) in [5.74, 6) is -0.367. The zero-order valence-electron chi connectivity index (χ0n) is 9.44. The van der Waals surface area contributed by atoms with Crippen LogP contribution in [0.25, 0.3) is 0 Å². The summed E-state index contributed by atoms with van der Waals surface area (Å²) in [6, 6.07) is 6.34. The second-order valence-corrected chi connectivity index (χ2v) is 3.71. The summed E-state index contributed by atoms with van der Waals surface area (Å²) in [5.41, 5.74) is 1.30. The monoisotopic (exact) mass is 222 g/mol. The third-order valence-electron chi connectivity index (χ3n) is 2.41. The van der Waals surface area contributed by atoms with E-state index in [4.69, 9.17) is 5.26 Å². The van der Waals surface area contributed by atoms with Gasteiger partial charge in [-0.3, -0.25) is 0 Å². The first-order valence-corrected chi connectivity index (χ1v) is 5.12. The predicted molar refractivity (Wildman–Crippen MR) is 60.5 cm³/mol. The zero-order valence-corrected chi connectivity index (χ0v) is 9.44. The molecule has 3 nitrogen and oxygen atoms in total. The first-order chi connectivity index (χ1) is 7.56. The van der Waals surface area contributed by atoms with Crippen molar-refractivity contribution in [1.82, 2.24) is 0 Å². The lowest BCUT2D eigenvalue weighted by Gasteiger charge is -2.22. The van der Waals surface area contributed by atoms with E-state index in [1.807, 2.05) is 11.9 Å². The number of aliphatic hydroxyl groups excluding tert-OH is 1. The highest BCUT2D eigenvalue weighted by Gasteiger charge is 2.12. The highest BCUT2D eigenvalue weighted by molar-refractivity contribution is 5.54. The van der Waals surface area contributed by atoms with Crippen LogP contribution in [0.5, 0.6) is 0 Å². The molecule has 0 unspecified atom stereocenters. The Hall–Kier alpha value is -1.60. The highest BCUT2D eigenvalue weighted by Crippen LogP contribution is 2.26. The molecule has 1 aromatic rings. The van der Waals surface area contributed by atoms with Gasteiger partial charge in [-0.2, -0.15) is 5.26 Å². The number of hydrogen-bond acceptors (Lipinski definition) is 3. The Morgan fingerprint density at radius 3 is 2.81 bits per heavy atom. The van der Waals surface area contributed by atoms with Crippen LogP contribution in [0, 0.1) is 17.1 Å². The SMILES string of the molecule is C[C@H](O)c1cc(F)ccc1N(C)CCC#N. The van der Waals surface area contributed by atoms with Gasteiger partial charge in [-0.15, -0.1) is 0 Å². The summed E-state index contributed by atoms with van der Waals surface area (Å²) in [4.78, 5) is 1.84. The van der Waals surface area contributed by atoms with Crippen LogP contribution in [0.2, 0.25) is 0 Å². The lowest BCUT2D eigenvalue weighted by atomic mass is 10.1. The molecule has 0 bridgehead atoms. The summed E-state index contributed by atoms with van der Waals surface area (Å²) in [6.45, 7) is 2.15. The van der Waals surface area contributed by atoms with Gasteiger partial charge < -0.3 is 10.0 Å². The van der Waals surface area contributed by atoms with Crippen molar-refractivity contribution >= 4 is 5.69 Å². The summed E-state index contributed by atoms with van der Waals surface area (Å²) < 4.78 is 13.0. The standard InChI is InChI=1S/C12H15FN2O/c1-9(16)11-8-10(13)4-5-12(11)15(2)7-3-6-14/h4-5,8-9,16H,3,7H2,1-2H3/t9-/m0/s1. The summed E-state index contributed by atoms with van der Waals surface area (Å²) in [7, 11) is 1.82. The molecule has 0 aromatic heterocycles. The second-order valence-electron chi connectivity index (χ2n) is 3.71. The molecule has 1 atom stereocenters. The van der Waals surface area contributed by atoms with E-state index < -0.39 is 6.10 Å². The first kappa shape index (κ1) is 12.5. The van der Waals surface area contributed by atoms with Crippen LogP contribution >= 0.6 is 0 Å². The second kappa shape index (κ2) is 5.47. The molecule has 0 saturated carbocycles. The third-order valence-corrected chi connectivity index (χ3v) is 2.41. The smallest absolute Gasteiger partial charge is 0.123 e. The fourth-order valence-corrected chi connectivity index (χ4v) is 1.55. The van der Waals surface area contributed by atoms with Crippen LogP contribution < -0.4 is 4.90 Å². The summed E-state index contributed by atoms with van der Waals surface area (Å²) >= 11 is 0. The normalized spacial score (nSPS) is 11.9. The van der Waals surface area contributed by atoms with Gasteiger partial charge in [0.15, 0.2) is 0 Å². The van der Waals surface area contributed by atoms with Gasteiger partial charge in [0.05, 0.1) is 18.6 Å². The van der Waals surface area contributed by atoms with Crippen molar-refractivity contribution in [2.45, 2.75) is 19.4 Å². The number of anilines is 1. The maximum Gasteiger partial charge on any atom is 0.123 e. The van der Waals surface area contributed by atoms with Gasteiger partial charge in [0.1, 0.15) is 5.82 Å². The van der Waals surface area contributed by atoms with Crippen molar-refractivity contribution in [2.24, 2.45) is 0 Å². The Bertz CT molecular complexity index is 398. The molecular weight excluding hydrogens is 207 g/mol. The van der Waals surface area contributed by atoms with Gasteiger partial charge in [0, 0.05) is 24.8 Å². The average Bonchev–Trinajstić information content (AvgIpc) is 2.25. The van der Waals surface area contributed by atoms with Crippen molar-refractivity contribution in [3.8, 4) is 6.07 Å². The van der Waals surface area contributed by atoms with E-state index in [9.17, 15) is 9.50 Å². The molecule has 0 aliphatic rings. The minimum absolute atomic E-state index is 0.367. The van der Waals surface area contributed by atoms with Crippen LogP contribution in [-0.2, 0) is 0 Å². The van der Waals surface area contributed by atoms with Crippen molar-refractivity contribution in [3.63, 3.8) is 0 Å². The number of benzene rings is 1. The Morgan fingerprint density at radius 1 is 1.56 bits per heavy atom. The van der Waals surface area contributed by atoms with Crippen molar-refractivity contribution in [3.05, 3.63) is 29.6 Å². The number of halogens is 1. The van der Waals surface area contributed by atoms with E-state index in [-0.39, 0.29) is 5.82 Å². The molecule has 0 saturated heterocycles. The summed E-state index contributed by atoms with van der Waals surface area (Å²) in [5, 5.41) is 18.0. The lowest BCUT2D eigenvalue weighted by Crippen LogP contribution is -2.20. The zero-order chi connectivity index (χ0) is 12.1. The number of rotatable bonds is 4. The third kappa shape index (κ3) is 2.94. The van der Waals surface area contributed by atoms with E-state index in [0.717, 1.165) is 5.69 Å². The maximum atomic E-state index is 13.0. The Labute approximate surface area is 94.7 Å². The first-order valence-electron chi connectivity index (χ1n) is 5.12. The van der Waals surface area contributed by atoms with Crippen LogP contribution in [-0.4, -0.2) is 18.7 Å². The molecule has 0 radical (unpaired) electrons. The Morgan fingerprint density at radius 2 is 2.25 bits per heavy atom. The largest absolute Gasteiger partial charge is 0.389 e. The number of nitriles is 1.